The topological polar surface area (TPSA) is 50.1 Å². The number of hydrogen-bond donors (Lipinski definition) is 0. The third kappa shape index (κ3) is 3.20. The van der Waals surface area contributed by atoms with Crippen LogP contribution in [0.5, 0.6) is 5.75 Å². The second-order valence-corrected chi connectivity index (χ2v) is 4.14. The molecule has 2 rings (SSSR count). The van der Waals surface area contributed by atoms with Crippen molar-refractivity contribution in [3.63, 3.8) is 0 Å². The largest absolute Gasteiger partial charge is 0.489 e. The summed E-state index contributed by atoms with van der Waals surface area (Å²) in [5.41, 5.74) is 2.12. The molecule has 2 aromatic carbocycles. The summed E-state index contributed by atoms with van der Waals surface area (Å²) < 4.78 is 5.61. The Hall–Kier alpha value is -2.60. The molecule has 0 N–H and O–H groups in total. The van der Waals surface area contributed by atoms with Gasteiger partial charge in [-0.25, -0.2) is 0 Å². The van der Waals surface area contributed by atoms with Crippen LogP contribution in [0.1, 0.15) is 28.4 Å². The second-order valence-electron chi connectivity index (χ2n) is 4.14. The Bertz CT molecular complexity index is 624. The fourth-order valence-corrected chi connectivity index (χ4v) is 1.70. The highest BCUT2D eigenvalue weighted by Crippen LogP contribution is 2.16. The van der Waals surface area contributed by atoms with Gasteiger partial charge >= 0.3 is 0 Å². The van der Waals surface area contributed by atoms with Crippen molar-refractivity contribution in [3.05, 3.63) is 65.2 Å². The lowest BCUT2D eigenvalue weighted by atomic mass is 10.1. The Morgan fingerprint density at radius 3 is 2.47 bits per heavy atom. The number of carbonyl (C=O) groups is 1. The minimum Gasteiger partial charge on any atom is -0.489 e. The highest BCUT2D eigenvalue weighted by Gasteiger charge is 2.03. The molecule has 3 heteroatoms. The van der Waals surface area contributed by atoms with Gasteiger partial charge in [-0.3, -0.25) is 4.79 Å². The van der Waals surface area contributed by atoms with Gasteiger partial charge in [-0.2, -0.15) is 5.26 Å². The molecular weight excluding hydrogens is 238 g/mol. The molecule has 0 spiro atoms. The van der Waals surface area contributed by atoms with E-state index in [2.05, 4.69) is 6.07 Å². The zero-order valence-corrected chi connectivity index (χ0v) is 10.6. The molecule has 3 nitrogen and oxygen atoms in total. The van der Waals surface area contributed by atoms with Crippen molar-refractivity contribution in [1.82, 2.24) is 0 Å². The molecular formula is C16H13NO2. The first-order chi connectivity index (χ1) is 9.20. The van der Waals surface area contributed by atoms with Crippen molar-refractivity contribution in [2.24, 2.45) is 0 Å². The molecule has 0 heterocycles. The van der Waals surface area contributed by atoms with Crippen molar-refractivity contribution >= 4 is 5.78 Å². The standard InChI is InChI=1S/C16H13NO2/c1-12(18)13-6-8-16(9-7-13)19-11-15-5-3-2-4-14(15)10-17/h2-9H,11H2,1H3. The van der Waals surface area contributed by atoms with Crippen LogP contribution in [0.3, 0.4) is 0 Å². The first-order valence-electron chi connectivity index (χ1n) is 5.92. The van der Waals surface area contributed by atoms with Crippen molar-refractivity contribution < 1.29 is 9.53 Å². The molecule has 0 aromatic heterocycles. The number of rotatable bonds is 4. The maximum Gasteiger partial charge on any atom is 0.159 e. The quantitative estimate of drug-likeness (QED) is 0.783. The zero-order valence-electron chi connectivity index (χ0n) is 10.6. The second kappa shape index (κ2) is 5.83. The van der Waals surface area contributed by atoms with Crippen LogP contribution in [0.4, 0.5) is 0 Å². The molecule has 94 valence electrons. The maximum atomic E-state index is 11.1. The lowest BCUT2D eigenvalue weighted by molar-refractivity contribution is 0.101. The van der Waals surface area contributed by atoms with Gasteiger partial charge in [0.2, 0.25) is 0 Å². The van der Waals surface area contributed by atoms with E-state index >= 15 is 0 Å². The average molecular weight is 251 g/mol. The van der Waals surface area contributed by atoms with Crippen molar-refractivity contribution in [2.75, 3.05) is 0 Å². The van der Waals surface area contributed by atoms with Crippen LogP contribution in [-0.4, -0.2) is 5.78 Å². The molecule has 0 aliphatic heterocycles. The molecule has 0 aliphatic rings. The summed E-state index contributed by atoms with van der Waals surface area (Å²) in [6, 6.07) is 16.4. The van der Waals surface area contributed by atoms with Crippen LogP contribution in [0.25, 0.3) is 0 Å². The average Bonchev–Trinajstić information content (AvgIpc) is 2.45. The molecule has 0 fully saturated rings. The van der Waals surface area contributed by atoms with Gasteiger partial charge in [0.15, 0.2) is 5.78 Å². The fraction of sp³-hybridized carbons (Fsp3) is 0.125. The van der Waals surface area contributed by atoms with Gasteiger partial charge in [-0.1, -0.05) is 18.2 Å². The molecule has 2 aromatic rings. The van der Waals surface area contributed by atoms with E-state index in [0.717, 1.165) is 5.56 Å². The summed E-state index contributed by atoms with van der Waals surface area (Å²) >= 11 is 0. The van der Waals surface area contributed by atoms with Gasteiger partial charge < -0.3 is 4.74 Å². The van der Waals surface area contributed by atoms with E-state index in [4.69, 9.17) is 10.00 Å². The summed E-state index contributed by atoms with van der Waals surface area (Å²) in [6.45, 7) is 1.86. The third-order valence-corrected chi connectivity index (χ3v) is 2.79. The number of ether oxygens (including phenoxy) is 1. The van der Waals surface area contributed by atoms with E-state index in [1.54, 1.807) is 30.3 Å². The van der Waals surface area contributed by atoms with E-state index < -0.39 is 0 Å². The van der Waals surface area contributed by atoms with E-state index in [1.165, 1.54) is 6.92 Å². The number of benzene rings is 2. The predicted octanol–water partition coefficient (Wildman–Crippen LogP) is 3.34. The lowest BCUT2D eigenvalue weighted by Gasteiger charge is -2.07. The zero-order chi connectivity index (χ0) is 13.7. The Kier molecular flexibility index (Phi) is 3.94. The molecule has 19 heavy (non-hydrogen) atoms. The molecule has 0 amide bonds. The number of Topliss-reactive ketones (excluding diaryl/α,β-unsaturated/α-hetero) is 1. The van der Waals surface area contributed by atoms with Crippen molar-refractivity contribution in [1.29, 1.82) is 5.26 Å². The van der Waals surface area contributed by atoms with Gasteiger partial charge in [-0.05, 0) is 37.3 Å². The van der Waals surface area contributed by atoms with Crippen molar-refractivity contribution in [2.45, 2.75) is 13.5 Å². The van der Waals surface area contributed by atoms with Crippen LogP contribution in [-0.2, 0) is 6.61 Å². The lowest BCUT2D eigenvalue weighted by Crippen LogP contribution is -1.98. The van der Waals surface area contributed by atoms with Crippen LogP contribution in [0, 0.1) is 11.3 Å². The molecule has 0 saturated heterocycles. The summed E-state index contributed by atoms with van der Waals surface area (Å²) in [5.74, 6) is 0.708. The first-order valence-corrected chi connectivity index (χ1v) is 5.92. The van der Waals surface area contributed by atoms with E-state index in [9.17, 15) is 4.79 Å². The molecule has 0 unspecified atom stereocenters. The highest BCUT2D eigenvalue weighted by molar-refractivity contribution is 5.94. The highest BCUT2D eigenvalue weighted by atomic mass is 16.5. The summed E-state index contributed by atoms with van der Waals surface area (Å²) in [5, 5.41) is 8.97. The number of nitrogens with zero attached hydrogens (tertiary/aromatic N) is 1. The smallest absolute Gasteiger partial charge is 0.159 e. The van der Waals surface area contributed by atoms with E-state index in [-0.39, 0.29) is 5.78 Å². The SMILES string of the molecule is CC(=O)c1ccc(OCc2ccccc2C#N)cc1. The van der Waals surface area contributed by atoms with Crippen LogP contribution in [0.15, 0.2) is 48.5 Å². The van der Waals surface area contributed by atoms with E-state index in [0.29, 0.717) is 23.5 Å². The van der Waals surface area contributed by atoms with Gasteiger partial charge in [0.1, 0.15) is 12.4 Å². The number of carbonyl (C=O) groups excluding carboxylic acids is 1. The Morgan fingerprint density at radius 1 is 1.16 bits per heavy atom. The molecule has 0 aliphatic carbocycles. The molecule has 0 atom stereocenters. The predicted molar refractivity (Wildman–Crippen MR) is 71.9 cm³/mol. The number of hydrogen-bond acceptors (Lipinski definition) is 3. The van der Waals surface area contributed by atoms with Gasteiger partial charge in [0, 0.05) is 11.1 Å². The maximum absolute atomic E-state index is 11.1. The normalized spacial score (nSPS) is 9.68. The van der Waals surface area contributed by atoms with Gasteiger partial charge in [0.25, 0.3) is 0 Å². The van der Waals surface area contributed by atoms with Gasteiger partial charge in [-0.15, -0.1) is 0 Å². The first kappa shape index (κ1) is 12.8. The Balaban J connectivity index is 2.06. The molecule has 0 radical (unpaired) electrons. The number of ketones is 1. The fourth-order valence-electron chi connectivity index (χ4n) is 1.70. The van der Waals surface area contributed by atoms with E-state index in [1.807, 2.05) is 18.2 Å². The van der Waals surface area contributed by atoms with Gasteiger partial charge in [0.05, 0.1) is 11.6 Å². The Morgan fingerprint density at radius 2 is 1.84 bits per heavy atom. The molecule has 0 bridgehead atoms. The number of nitriles is 1. The van der Waals surface area contributed by atoms with Crippen LogP contribution < -0.4 is 4.74 Å². The van der Waals surface area contributed by atoms with Crippen molar-refractivity contribution in [3.8, 4) is 11.8 Å². The van der Waals surface area contributed by atoms with Crippen LogP contribution in [0.2, 0.25) is 0 Å². The third-order valence-electron chi connectivity index (χ3n) is 2.79. The summed E-state index contributed by atoms with van der Waals surface area (Å²) in [7, 11) is 0. The summed E-state index contributed by atoms with van der Waals surface area (Å²) in [4.78, 5) is 11.1. The monoisotopic (exact) mass is 251 g/mol. The minimum absolute atomic E-state index is 0.0291. The summed E-state index contributed by atoms with van der Waals surface area (Å²) in [6.07, 6.45) is 0. The Labute approximate surface area is 112 Å². The molecule has 0 saturated carbocycles. The van der Waals surface area contributed by atoms with Crippen LogP contribution >= 0.6 is 0 Å². The minimum atomic E-state index is 0.0291.